The molecule has 19 heavy (non-hydrogen) atoms. The van der Waals surface area contributed by atoms with Crippen LogP contribution in [0.5, 0.6) is 0 Å². The molecule has 2 aromatic rings. The molecule has 0 amide bonds. The van der Waals surface area contributed by atoms with Gasteiger partial charge in [-0.05, 0) is 12.1 Å². The SMILES string of the molecule is Cc1c(CCO)sc[n+]1Cc1c(Cl)cccc1Cl.[Cl-]. The average Bonchev–Trinajstić information content (AvgIpc) is 2.67. The van der Waals surface area contributed by atoms with Gasteiger partial charge in [0.1, 0.15) is 0 Å². The normalized spacial score (nSPS) is 10.3. The molecular weight excluding hydrogens is 325 g/mol. The molecule has 0 saturated heterocycles. The van der Waals surface area contributed by atoms with Crippen LogP contribution in [0.15, 0.2) is 23.7 Å². The van der Waals surface area contributed by atoms with Crippen LogP contribution < -0.4 is 17.0 Å². The van der Waals surface area contributed by atoms with Crippen LogP contribution in [-0.4, -0.2) is 11.7 Å². The second-order valence-electron chi connectivity index (χ2n) is 4.03. The zero-order valence-corrected chi connectivity index (χ0v) is 13.5. The molecule has 104 valence electrons. The molecule has 0 unspecified atom stereocenters. The van der Waals surface area contributed by atoms with Gasteiger partial charge in [-0.1, -0.05) is 40.6 Å². The van der Waals surface area contributed by atoms with Crippen molar-refractivity contribution in [3.8, 4) is 0 Å². The van der Waals surface area contributed by atoms with E-state index in [0.717, 1.165) is 11.3 Å². The summed E-state index contributed by atoms with van der Waals surface area (Å²) < 4.78 is 2.11. The summed E-state index contributed by atoms with van der Waals surface area (Å²) in [6, 6.07) is 5.54. The van der Waals surface area contributed by atoms with Gasteiger partial charge < -0.3 is 17.5 Å². The lowest BCUT2D eigenvalue weighted by Gasteiger charge is -2.03. The fraction of sp³-hybridized carbons (Fsp3) is 0.308. The minimum absolute atomic E-state index is 0. The highest BCUT2D eigenvalue weighted by Gasteiger charge is 2.18. The highest BCUT2D eigenvalue weighted by atomic mass is 35.5. The summed E-state index contributed by atoms with van der Waals surface area (Å²) in [4.78, 5) is 1.20. The van der Waals surface area contributed by atoms with Crippen LogP contribution in [0.2, 0.25) is 10.0 Å². The van der Waals surface area contributed by atoms with Crippen LogP contribution in [0, 0.1) is 6.92 Å². The number of aliphatic hydroxyl groups excluding tert-OH is 1. The summed E-state index contributed by atoms with van der Waals surface area (Å²) in [5.41, 5.74) is 4.13. The Morgan fingerprint density at radius 3 is 2.47 bits per heavy atom. The molecule has 1 N–H and O–H groups in total. The van der Waals surface area contributed by atoms with E-state index in [4.69, 9.17) is 28.3 Å². The van der Waals surface area contributed by atoms with Gasteiger partial charge in [0, 0.05) is 20.0 Å². The van der Waals surface area contributed by atoms with Gasteiger partial charge in [0.25, 0.3) is 0 Å². The van der Waals surface area contributed by atoms with Crippen LogP contribution in [0.3, 0.4) is 0 Å². The first-order valence-electron chi connectivity index (χ1n) is 5.63. The van der Waals surface area contributed by atoms with Crippen LogP contribution in [0.25, 0.3) is 0 Å². The first-order chi connectivity index (χ1) is 8.63. The predicted molar refractivity (Wildman–Crippen MR) is 75.6 cm³/mol. The zero-order chi connectivity index (χ0) is 13.1. The fourth-order valence-corrected chi connectivity index (χ4v) is 3.30. The van der Waals surface area contributed by atoms with Crippen molar-refractivity contribution in [1.82, 2.24) is 0 Å². The Balaban J connectivity index is 0.00000180. The fourth-order valence-electron chi connectivity index (χ4n) is 1.80. The maximum Gasteiger partial charge on any atom is 0.225 e. The van der Waals surface area contributed by atoms with Crippen molar-refractivity contribution in [2.24, 2.45) is 0 Å². The standard InChI is InChI=1S/C13H14Cl2NOS.ClH/c1-9-13(5-6-17)18-8-16(9)7-10-11(14)3-2-4-12(10)15;/h2-4,8,17H,5-7H2,1H3;1H/q+1;/p-1. The Bertz CT molecular complexity index is 537. The van der Waals surface area contributed by atoms with Crippen LogP contribution in [0.1, 0.15) is 16.1 Å². The quantitative estimate of drug-likeness (QED) is 0.794. The molecule has 1 aromatic carbocycles. The van der Waals surface area contributed by atoms with Gasteiger partial charge in [-0.25, -0.2) is 0 Å². The third-order valence-electron chi connectivity index (χ3n) is 2.89. The van der Waals surface area contributed by atoms with Crippen molar-refractivity contribution in [2.75, 3.05) is 6.61 Å². The van der Waals surface area contributed by atoms with Crippen molar-refractivity contribution in [3.05, 3.63) is 49.9 Å². The second kappa shape index (κ2) is 7.46. The number of aromatic nitrogens is 1. The maximum absolute atomic E-state index is 8.99. The maximum atomic E-state index is 8.99. The van der Waals surface area contributed by atoms with Crippen LogP contribution in [-0.2, 0) is 13.0 Å². The van der Waals surface area contributed by atoms with E-state index >= 15 is 0 Å². The first kappa shape index (κ1) is 16.7. The monoisotopic (exact) mass is 337 g/mol. The molecule has 0 aliphatic carbocycles. The number of nitrogens with zero attached hydrogens (tertiary/aromatic N) is 1. The van der Waals surface area contributed by atoms with E-state index in [1.54, 1.807) is 11.3 Å². The highest BCUT2D eigenvalue weighted by molar-refractivity contribution is 7.09. The Kier molecular flexibility index (Phi) is 6.57. The summed E-state index contributed by atoms with van der Waals surface area (Å²) in [5.74, 6) is 0. The molecule has 0 aliphatic heterocycles. The molecule has 0 saturated carbocycles. The van der Waals surface area contributed by atoms with Crippen LogP contribution in [0.4, 0.5) is 0 Å². The number of benzene rings is 1. The predicted octanol–water partition coefficient (Wildman–Crippen LogP) is 0.238. The smallest absolute Gasteiger partial charge is 0.225 e. The Morgan fingerprint density at radius 1 is 1.26 bits per heavy atom. The number of aliphatic hydroxyl groups is 1. The molecule has 1 heterocycles. The van der Waals surface area contributed by atoms with E-state index in [2.05, 4.69) is 4.57 Å². The number of halogens is 3. The Hall–Kier alpha value is -0.320. The Labute approximate surface area is 133 Å². The van der Waals surface area contributed by atoms with E-state index in [-0.39, 0.29) is 19.0 Å². The minimum atomic E-state index is 0. The van der Waals surface area contributed by atoms with Gasteiger partial charge in [0.05, 0.1) is 20.5 Å². The third kappa shape index (κ3) is 3.83. The van der Waals surface area contributed by atoms with Crippen LogP contribution >= 0.6 is 34.5 Å². The van der Waals surface area contributed by atoms with Crippen molar-refractivity contribution in [1.29, 1.82) is 0 Å². The number of hydrogen-bond donors (Lipinski definition) is 1. The van der Waals surface area contributed by atoms with Crippen molar-refractivity contribution < 1.29 is 22.1 Å². The number of thiazole rings is 1. The summed E-state index contributed by atoms with van der Waals surface area (Å²) in [6.45, 7) is 2.88. The van der Waals surface area contributed by atoms with Gasteiger partial charge in [-0.15, -0.1) is 0 Å². The molecule has 0 bridgehead atoms. The Morgan fingerprint density at radius 2 is 1.89 bits per heavy atom. The van der Waals surface area contributed by atoms with Crippen molar-refractivity contribution >= 4 is 34.5 Å². The zero-order valence-electron chi connectivity index (χ0n) is 10.4. The molecule has 0 fully saturated rings. The molecule has 6 heteroatoms. The molecular formula is C13H14Cl3NOS. The lowest BCUT2D eigenvalue weighted by Crippen LogP contribution is -3.00. The van der Waals surface area contributed by atoms with Gasteiger partial charge in [-0.3, -0.25) is 0 Å². The molecule has 0 spiro atoms. The third-order valence-corrected chi connectivity index (χ3v) is 4.74. The molecule has 0 radical (unpaired) electrons. The summed E-state index contributed by atoms with van der Waals surface area (Å²) in [6.07, 6.45) is 0.694. The molecule has 0 atom stereocenters. The first-order valence-corrected chi connectivity index (χ1v) is 7.27. The topological polar surface area (TPSA) is 24.1 Å². The summed E-state index contributed by atoms with van der Waals surface area (Å²) >= 11 is 14.0. The average molecular weight is 339 g/mol. The lowest BCUT2D eigenvalue weighted by atomic mass is 10.2. The van der Waals surface area contributed by atoms with Gasteiger partial charge >= 0.3 is 0 Å². The van der Waals surface area contributed by atoms with E-state index in [1.165, 1.54) is 4.88 Å². The molecule has 0 aliphatic rings. The van der Waals surface area contributed by atoms with Gasteiger partial charge in [0.2, 0.25) is 5.51 Å². The minimum Gasteiger partial charge on any atom is -1.00 e. The number of rotatable bonds is 4. The lowest BCUT2D eigenvalue weighted by molar-refractivity contribution is -0.689. The number of hydrogen-bond acceptors (Lipinski definition) is 2. The van der Waals surface area contributed by atoms with E-state index < -0.39 is 0 Å². The molecule has 2 nitrogen and oxygen atoms in total. The largest absolute Gasteiger partial charge is 1.00 e. The van der Waals surface area contributed by atoms with E-state index in [1.807, 2.05) is 30.6 Å². The van der Waals surface area contributed by atoms with Crippen molar-refractivity contribution in [3.63, 3.8) is 0 Å². The highest BCUT2D eigenvalue weighted by Crippen LogP contribution is 2.24. The van der Waals surface area contributed by atoms with Gasteiger partial charge in [0.15, 0.2) is 12.2 Å². The van der Waals surface area contributed by atoms with Gasteiger partial charge in [-0.2, -0.15) is 4.57 Å². The molecule has 1 aromatic heterocycles. The summed E-state index contributed by atoms with van der Waals surface area (Å²) in [5, 5.41) is 10.4. The molecule has 2 rings (SSSR count). The summed E-state index contributed by atoms with van der Waals surface area (Å²) in [7, 11) is 0. The van der Waals surface area contributed by atoms with Crippen molar-refractivity contribution in [2.45, 2.75) is 19.9 Å². The second-order valence-corrected chi connectivity index (χ2v) is 5.79. The van der Waals surface area contributed by atoms with E-state index in [9.17, 15) is 0 Å². The van der Waals surface area contributed by atoms with E-state index in [0.29, 0.717) is 23.0 Å².